The molecule has 0 aromatic heterocycles. The zero-order chi connectivity index (χ0) is 25.2. The molecule has 9 heteroatoms. The number of allylic oxidation sites excluding steroid dienone is 1. The lowest BCUT2D eigenvalue weighted by Gasteiger charge is -2.27. The number of likely N-dealkylation sites (tertiary alicyclic amines) is 1. The summed E-state index contributed by atoms with van der Waals surface area (Å²) < 4.78 is 5.28. The number of carbonyl (C=O) groups is 4. The molecule has 4 rings (SSSR count). The fourth-order valence-electron chi connectivity index (χ4n) is 4.70. The van der Waals surface area contributed by atoms with Crippen LogP contribution in [-0.4, -0.2) is 47.3 Å². The van der Waals surface area contributed by atoms with Gasteiger partial charge in [-0.3, -0.25) is 14.4 Å². The van der Waals surface area contributed by atoms with Gasteiger partial charge in [-0.15, -0.1) is 0 Å². The molecule has 0 radical (unpaired) electrons. The molecular weight excluding hydrogens is 448 g/mol. The highest BCUT2D eigenvalue weighted by atomic mass is 16.5. The van der Waals surface area contributed by atoms with E-state index in [0.29, 0.717) is 5.69 Å². The quantitative estimate of drug-likeness (QED) is 0.551. The fraction of sp³-hybridized carbons (Fsp3) is 0.308. The molecule has 2 aromatic carbocycles. The average Bonchev–Trinajstić information content (AvgIpc) is 3.36. The predicted octanol–water partition coefficient (Wildman–Crippen LogP) is 2.22. The van der Waals surface area contributed by atoms with E-state index in [0.717, 1.165) is 16.7 Å². The molecule has 0 bridgehead atoms. The van der Waals surface area contributed by atoms with E-state index < -0.39 is 35.4 Å². The highest BCUT2D eigenvalue weighted by Crippen LogP contribution is 2.46. The maximum atomic E-state index is 13.6. The maximum absolute atomic E-state index is 13.6. The number of nitrogens with two attached hydrogens (primary N) is 1. The number of ether oxygens (including phenoxy) is 1. The molecule has 0 aliphatic carbocycles. The third-order valence-corrected chi connectivity index (χ3v) is 6.35. The van der Waals surface area contributed by atoms with Crippen molar-refractivity contribution in [2.24, 2.45) is 5.73 Å². The predicted molar refractivity (Wildman–Crippen MR) is 129 cm³/mol. The average molecular weight is 477 g/mol. The van der Waals surface area contributed by atoms with E-state index >= 15 is 0 Å². The molecule has 2 aliphatic heterocycles. The second kappa shape index (κ2) is 9.61. The van der Waals surface area contributed by atoms with Crippen molar-refractivity contribution < 1.29 is 23.9 Å². The van der Waals surface area contributed by atoms with E-state index in [1.807, 2.05) is 36.4 Å². The minimum atomic E-state index is -1.10. The summed E-state index contributed by atoms with van der Waals surface area (Å²) in [4.78, 5) is 52.9. The first kappa shape index (κ1) is 24.0. The van der Waals surface area contributed by atoms with E-state index in [2.05, 4.69) is 10.6 Å². The van der Waals surface area contributed by atoms with Gasteiger partial charge in [0.05, 0.1) is 5.41 Å². The molecule has 1 fully saturated rings. The number of para-hydroxylation sites is 1. The summed E-state index contributed by atoms with van der Waals surface area (Å²) in [6.07, 6.45) is 0.868. The number of hydrogen-bond donors (Lipinski definition) is 3. The normalized spacial score (nSPS) is 21.1. The van der Waals surface area contributed by atoms with Gasteiger partial charge in [0.15, 0.2) is 0 Å². The number of alkyl carbamates (subject to hydrolysis) is 1. The van der Waals surface area contributed by atoms with Gasteiger partial charge in [0.2, 0.25) is 17.7 Å². The Balaban J connectivity index is 1.56. The number of benzene rings is 2. The van der Waals surface area contributed by atoms with Crippen molar-refractivity contribution in [1.29, 1.82) is 0 Å². The van der Waals surface area contributed by atoms with Crippen LogP contribution in [0.25, 0.3) is 0 Å². The number of primary amides is 1. The van der Waals surface area contributed by atoms with Gasteiger partial charge in [0.1, 0.15) is 18.7 Å². The summed E-state index contributed by atoms with van der Waals surface area (Å²) >= 11 is 0. The third kappa shape index (κ3) is 4.75. The van der Waals surface area contributed by atoms with Crippen LogP contribution in [0.1, 0.15) is 31.4 Å². The lowest BCUT2D eigenvalue weighted by molar-refractivity contribution is -0.138. The highest BCUT2D eigenvalue weighted by Gasteiger charge is 2.57. The van der Waals surface area contributed by atoms with Crippen LogP contribution < -0.4 is 16.4 Å². The van der Waals surface area contributed by atoms with Crippen LogP contribution in [0, 0.1) is 0 Å². The molecule has 35 heavy (non-hydrogen) atoms. The maximum Gasteiger partial charge on any atom is 0.408 e. The Hall–Kier alpha value is -4.14. The Morgan fingerprint density at radius 1 is 1.17 bits per heavy atom. The number of anilines is 1. The number of amides is 4. The first-order valence-electron chi connectivity index (χ1n) is 11.3. The summed E-state index contributed by atoms with van der Waals surface area (Å²) in [6, 6.07) is 14.2. The Morgan fingerprint density at radius 2 is 1.86 bits per heavy atom. The topological polar surface area (TPSA) is 131 Å². The lowest BCUT2D eigenvalue weighted by atomic mass is 9.79. The molecule has 182 valence electrons. The van der Waals surface area contributed by atoms with Gasteiger partial charge in [0.25, 0.3) is 0 Å². The van der Waals surface area contributed by atoms with Crippen LogP contribution in [0.15, 0.2) is 66.2 Å². The van der Waals surface area contributed by atoms with Crippen LogP contribution in [0.2, 0.25) is 0 Å². The second-order valence-electron chi connectivity index (χ2n) is 9.10. The number of carbonyl (C=O) groups excluding carboxylic acids is 4. The monoisotopic (exact) mass is 476 g/mol. The van der Waals surface area contributed by atoms with Crippen LogP contribution >= 0.6 is 0 Å². The molecule has 1 spiro atoms. The van der Waals surface area contributed by atoms with Gasteiger partial charge in [-0.1, -0.05) is 60.2 Å². The number of nitrogens with zero attached hydrogens (tertiary/aromatic N) is 1. The highest BCUT2D eigenvalue weighted by molar-refractivity contribution is 6.08. The molecule has 2 aromatic rings. The molecule has 4 N–H and O–H groups in total. The van der Waals surface area contributed by atoms with Crippen molar-refractivity contribution in [3.05, 3.63) is 77.4 Å². The lowest BCUT2D eigenvalue weighted by Crippen LogP contribution is -2.52. The minimum Gasteiger partial charge on any atom is -0.445 e. The Labute approximate surface area is 203 Å². The SMILES string of the molecule is CC(C)=C[C@H](NC(=O)OCc1ccccc1)C(=O)N1C[C@]2(C[C@H]1C(N)=O)C(=O)Nc1ccccc12. The largest absolute Gasteiger partial charge is 0.445 e. The van der Waals surface area contributed by atoms with Crippen molar-refractivity contribution in [2.45, 2.75) is 44.4 Å². The molecule has 9 nitrogen and oxygen atoms in total. The van der Waals surface area contributed by atoms with Crippen molar-refractivity contribution >= 4 is 29.5 Å². The first-order chi connectivity index (χ1) is 16.7. The van der Waals surface area contributed by atoms with Crippen LogP contribution in [0.3, 0.4) is 0 Å². The number of nitrogens with one attached hydrogen (secondary N) is 2. The molecule has 4 amide bonds. The third-order valence-electron chi connectivity index (χ3n) is 6.35. The summed E-state index contributed by atoms with van der Waals surface area (Å²) in [5.41, 5.74) is 7.53. The van der Waals surface area contributed by atoms with E-state index in [-0.39, 0.29) is 25.5 Å². The fourth-order valence-corrected chi connectivity index (χ4v) is 4.70. The van der Waals surface area contributed by atoms with E-state index in [1.165, 1.54) is 4.90 Å². The van der Waals surface area contributed by atoms with E-state index in [9.17, 15) is 19.2 Å². The van der Waals surface area contributed by atoms with Gasteiger partial charge >= 0.3 is 6.09 Å². The molecule has 3 atom stereocenters. The van der Waals surface area contributed by atoms with E-state index in [4.69, 9.17) is 10.5 Å². The first-order valence-corrected chi connectivity index (χ1v) is 11.3. The van der Waals surface area contributed by atoms with Crippen LogP contribution in [0.4, 0.5) is 10.5 Å². The van der Waals surface area contributed by atoms with Crippen molar-refractivity contribution in [3.8, 4) is 0 Å². The van der Waals surface area contributed by atoms with Gasteiger partial charge in [-0.2, -0.15) is 0 Å². The second-order valence-corrected chi connectivity index (χ2v) is 9.10. The van der Waals surface area contributed by atoms with Gasteiger partial charge in [-0.25, -0.2) is 4.79 Å². The number of hydrogen-bond acceptors (Lipinski definition) is 5. The summed E-state index contributed by atoms with van der Waals surface area (Å²) in [7, 11) is 0. The molecular formula is C26H28N4O5. The van der Waals surface area contributed by atoms with Gasteiger partial charge in [0, 0.05) is 12.2 Å². The van der Waals surface area contributed by atoms with E-state index in [1.54, 1.807) is 38.1 Å². The number of fused-ring (bicyclic) bond motifs is 2. The minimum absolute atomic E-state index is 0.0316. The van der Waals surface area contributed by atoms with Gasteiger partial charge < -0.3 is 26.0 Å². The number of rotatable bonds is 6. The molecule has 0 unspecified atom stereocenters. The molecule has 1 saturated heterocycles. The summed E-state index contributed by atoms with van der Waals surface area (Å²) in [5, 5.41) is 5.43. The van der Waals surface area contributed by atoms with Crippen LogP contribution in [0.5, 0.6) is 0 Å². The zero-order valence-electron chi connectivity index (χ0n) is 19.6. The molecule has 0 saturated carbocycles. The zero-order valence-corrected chi connectivity index (χ0v) is 19.6. The Morgan fingerprint density at radius 3 is 2.54 bits per heavy atom. The summed E-state index contributed by atoms with van der Waals surface area (Å²) in [6.45, 7) is 3.58. The van der Waals surface area contributed by atoms with Crippen molar-refractivity contribution in [3.63, 3.8) is 0 Å². The van der Waals surface area contributed by atoms with Crippen molar-refractivity contribution in [1.82, 2.24) is 10.2 Å². The molecule has 2 aliphatic rings. The Bertz CT molecular complexity index is 1190. The molecule has 2 heterocycles. The smallest absolute Gasteiger partial charge is 0.408 e. The van der Waals surface area contributed by atoms with Gasteiger partial charge in [-0.05, 0) is 37.5 Å². The Kier molecular flexibility index (Phi) is 6.59. The summed E-state index contributed by atoms with van der Waals surface area (Å²) in [5.74, 6) is -1.54. The standard InChI is InChI=1S/C26H28N4O5/c1-16(2)12-20(29-25(34)35-14-17-8-4-3-5-9-17)23(32)30-15-26(13-21(30)22(27)31)18-10-6-7-11-19(18)28-24(26)33/h3-12,20-21H,13-15H2,1-2H3,(H2,27,31)(H,28,33)(H,29,34)/t20-,21-,26-/m0/s1. The van der Waals surface area contributed by atoms with Crippen molar-refractivity contribution in [2.75, 3.05) is 11.9 Å². The van der Waals surface area contributed by atoms with Crippen LogP contribution in [-0.2, 0) is 31.1 Å².